The highest BCUT2D eigenvalue weighted by Crippen LogP contribution is 2.30. The summed E-state index contributed by atoms with van der Waals surface area (Å²) in [5.74, 6) is 0.218. The fourth-order valence-corrected chi connectivity index (χ4v) is 5.80. The maximum absolute atomic E-state index is 13.4. The molecular formula is C33H40FN3O2. The van der Waals surface area contributed by atoms with E-state index in [0.717, 1.165) is 50.7 Å². The minimum absolute atomic E-state index is 0.180. The minimum Gasteiger partial charge on any atom is -0.368 e. The van der Waals surface area contributed by atoms with Crippen LogP contribution in [0.1, 0.15) is 55.6 Å². The number of benzene rings is 3. The second-order valence-corrected chi connectivity index (χ2v) is 10.4. The summed E-state index contributed by atoms with van der Waals surface area (Å²) >= 11 is 0. The number of likely N-dealkylation sites (N-methyl/N-ethyl adjacent to an activating group) is 1. The van der Waals surface area contributed by atoms with Crippen molar-refractivity contribution < 1.29 is 14.0 Å². The third-order valence-corrected chi connectivity index (χ3v) is 8.07. The second kappa shape index (κ2) is 14.0. The van der Waals surface area contributed by atoms with Crippen molar-refractivity contribution in [1.29, 1.82) is 0 Å². The standard InChI is InChI=1S/C18H26FN3O.C15H14O/c1-20-18(8-3-2-4-9-18)17(23)22-12-10-21(11-13-22)16-7-5-6-15(19)14-16;16-12-11-15(13-7-3-1-4-8-13)14-9-5-2-6-10-14/h5-7,14,20H,2-4,8-13H2,1H3;1-10,12,15H,11H2. The SMILES string of the molecule is CNC1(C(=O)N2CCN(c3cccc(F)c3)CC2)CCCCC1.O=CCC(c1ccccc1)c1ccccc1. The Morgan fingerprint density at radius 3 is 1.97 bits per heavy atom. The van der Waals surface area contributed by atoms with Crippen LogP contribution in [-0.2, 0) is 9.59 Å². The van der Waals surface area contributed by atoms with Crippen molar-refractivity contribution in [1.82, 2.24) is 10.2 Å². The van der Waals surface area contributed by atoms with Crippen LogP contribution >= 0.6 is 0 Å². The highest BCUT2D eigenvalue weighted by Gasteiger charge is 2.41. The fourth-order valence-electron chi connectivity index (χ4n) is 5.80. The molecular weight excluding hydrogens is 489 g/mol. The molecule has 0 unspecified atom stereocenters. The first-order valence-electron chi connectivity index (χ1n) is 14.1. The first kappa shape index (κ1) is 28.5. The largest absolute Gasteiger partial charge is 0.368 e. The minimum atomic E-state index is -0.362. The summed E-state index contributed by atoms with van der Waals surface area (Å²) in [4.78, 5) is 27.9. The molecule has 6 heteroatoms. The molecule has 206 valence electrons. The summed E-state index contributed by atoms with van der Waals surface area (Å²) in [6.45, 7) is 2.93. The number of hydrogen-bond donors (Lipinski definition) is 1. The number of nitrogens with zero attached hydrogens (tertiary/aromatic N) is 2. The van der Waals surface area contributed by atoms with Crippen LogP contribution in [0.25, 0.3) is 0 Å². The smallest absolute Gasteiger partial charge is 0.242 e. The van der Waals surface area contributed by atoms with Gasteiger partial charge in [-0.2, -0.15) is 0 Å². The Morgan fingerprint density at radius 2 is 1.46 bits per heavy atom. The third-order valence-electron chi connectivity index (χ3n) is 8.07. The average molecular weight is 530 g/mol. The number of piperazine rings is 1. The van der Waals surface area contributed by atoms with Crippen LogP contribution in [0, 0.1) is 5.82 Å². The molecule has 3 aromatic carbocycles. The van der Waals surface area contributed by atoms with E-state index in [1.165, 1.54) is 23.6 Å². The molecule has 0 aromatic heterocycles. The fraction of sp³-hybridized carbons (Fsp3) is 0.394. The molecule has 1 N–H and O–H groups in total. The van der Waals surface area contributed by atoms with Crippen molar-refractivity contribution in [3.63, 3.8) is 0 Å². The molecule has 39 heavy (non-hydrogen) atoms. The van der Waals surface area contributed by atoms with E-state index in [-0.39, 0.29) is 23.2 Å². The Balaban J connectivity index is 0.000000193. The van der Waals surface area contributed by atoms with Crippen molar-refractivity contribution >= 4 is 17.9 Å². The van der Waals surface area contributed by atoms with Crippen LogP contribution in [0.4, 0.5) is 10.1 Å². The number of aldehydes is 1. The van der Waals surface area contributed by atoms with Crippen molar-refractivity contribution in [2.24, 2.45) is 0 Å². The molecule has 0 atom stereocenters. The van der Waals surface area contributed by atoms with Gasteiger partial charge in [0.05, 0.1) is 5.54 Å². The monoisotopic (exact) mass is 529 g/mol. The van der Waals surface area contributed by atoms with Crippen LogP contribution < -0.4 is 10.2 Å². The second-order valence-electron chi connectivity index (χ2n) is 10.4. The van der Waals surface area contributed by atoms with Crippen LogP contribution in [0.15, 0.2) is 84.9 Å². The average Bonchev–Trinajstić information content (AvgIpc) is 3.01. The summed E-state index contributed by atoms with van der Waals surface area (Å²) in [5, 5.41) is 3.31. The number of hydrogen-bond acceptors (Lipinski definition) is 4. The summed E-state index contributed by atoms with van der Waals surface area (Å²) in [6, 6.07) is 27.0. The lowest BCUT2D eigenvalue weighted by atomic mass is 9.80. The lowest BCUT2D eigenvalue weighted by Gasteiger charge is -2.43. The molecule has 2 aliphatic rings. The van der Waals surface area contributed by atoms with Crippen molar-refractivity contribution in [2.45, 2.75) is 50.0 Å². The number of amides is 1. The summed E-state index contributed by atoms with van der Waals surface area (Å²) in [6.07, 6.45) is 6.87. The molecule has 1 amide bonds. The number of halogens is 1. The normalized spacial score (nSPS) is 16.8. The highest BCUT2D eigenvalue weighted by molar-refractivity contribution is 5.86. The van der Waals surface area contributed by atoms with Gasteiger partial charge in [-0.25, -0.2) is 4.39 Å². The van der Waals surface area contributed by atoms with Gasteiger partial charge >= 0.3 is 0 Å². The van der Waals surface area contributed by atoms with E-state index >= 15 is 0 Å². The van der Waals surface area contributed by atoms with Gasteiger partial charge in [0.1, 0.15) is 12.1 Å². The van der Waals surface area contributed by atoms with Crippen LogP contribution in [0.3, 0.4) is 0 Å². The van der Waals surface area contributed by atoms with E-state index in [9.17, 15) is 14.0 Å². The predicted molar refractivity (Wildman–Crippen MR) is 155 cm³/mol. The first-order chi connectivity index (χ1) is 19.1. The third kappa shape index (κ3) is 7.33. The lowest BCUT2D eigenvalue weighted by Crippen LogP contribution is -2.61. The van der Waals surface area contributed by atoms with Crippen LogP contribution in [0.5, 0.6) is 0 Å². The van der Waals surface area contributed by atoms with Gasteiger partial charge in [-0.15, -0.1) is 0 Å². The van der Waals surface area contributed by atoms with Crippen LogP contribution in [-0.4, -0.2) is 55.9 Å². The Hall–Kier alpha value is -3.51. The maximum Gasteiger partial charge on any atom is 0.242 e. The molecule has 0 radical (unpaired) electrons. The highest BCUT2D eigenvalue weighted by atomic mass is 19.1. The van der Waals surface area contributed by atoms with Gasteiger partial charge in [-0.05, 0) is 49.2 Å². The Morgan fingerprint density at radius 1 is 0.872 bits per heavy atom. The summed E-state index contributed by atoms with van der Waals surface area (Å²) < 4.78 is 13.4. The van der Waals surface area contributed by atoms with E-state index in [1.54, 1.807) is 12.1 Å². The maximum atomic E-state index is 13.4. The van der Waals surface area contributed by atoms with Gasteiger partial charge in [-0.1, -0.05) is 86.0 Å². The number of nitrogens with one attached hydrogen (secondary N) is 1. The van der Waals surface area contributed by atoms with E-state index < -0.39 is 0 Å². The Kier molecular flexibility index (Phi) is 10.3. The Bertz CT molecular complexity index is 1130. The van der Waals surface area contributed by atoms with Crippen LogP contribution in [0.2, 0.25) is 0 Å². The van der Waals surface area contributed by atoms with E-state index in [2.05, 4.69) is 34.5 Å². The molecule has 0 bridgehead atoms. The van der Waals surface area contributed by atoms with Gasteiger partial charge in [-0.3, -0.25) is 4.79 Å². The van der Waals surface area contributed by atoms with E-state index in [1.807, 2.05) is 54.4 Å². The molecule has 1 saturated carbocycles. The molecule has 0 spiro atoms. The molecule has 1 heterocycles. The first-order valence-corrected chi connectivity index (χ1v) is 14.1. The molecule has 2 fully saturated rings. The van der Waals surface area contributed by atoms with Crippen molar-refractivity contribution in [3.05, 3.63) is 102 Å². The van der Waals surface area contributed by atoms with E-state index in [0.29, 0.717) is 19.5 Å². The van der Waals surface area contributed by atoms with E-state index in [4.69, 9.17) is 0 Å². The molecule has 5 nitrogen and oxygen atoms in total. The summed E-state index contributed by atoms with van der Waals surface area (Å²) in [5.41, 5.74) is 2.93. The van der Waals surface area contributed by atoms with Gasteiger partial charge < -0.3 is 19.9 Å². The zero-order chi connectivity index (χ0) is 27.5. The number of carbonyl (C=O) groups excluding carboxylic acids is 2. The molecule has 3 aromatic rings. The van der Waals surface area contributed by atoms with Gasteiger partial charge in [0.15, 0.2) is 0 Å². The number of carbonyl (C=O) groups is 2. The van der Waals surface area contributed by atoms with Gasteiger partial charge in [0.2, 0.25) is 5.91 Å². The zero-order valence-electron chi connectivity index (χ0n) is 22.9. The summed E-state index contributed by atoms with van der Waals surface area (Å²) in [7, 11) is 1.91. The van der Waals surface area contributed by atoms with Gasteiger partial charge in [0.25, 0.3) is 0 Å². The van der Waals surface area contributed by atoms with Gasteiger partial charge in [0, 0.05) is 44.2 Å². The lowest BCUT2D eigenvalue weighted by molar-refractivity contribution is -0.140. The molecule has 1 aliphatic carbocycles. The Labute approximate surface area is 232 Å². The number of anilines is 1. The predicted octanol–water partition coefficient (Wildman–Crippen LogP) is 5.80. The molecule has 5 rings (SSSR count). The van der Waals surface area contributed by atoms with Crippen molar-refractivity contribution in [3.8, 4) is 0 Å². The topological polar surface area (TPSA) is 52.7 Å². The molecule has 1 saturated heterocycles. The van der Waals surface area contributed by atoms with Crippen molar-refractivity contribution in [2.75, 3.05) is 38.1 Å². The molecule has 1 aliphatic heterocycles. The number of rotatable bonds is 7. The zero-order valence-corrected chi connectivity index (χ0v) is 22.9. The quantitative estimate of drug-likeness (QED) is 0.393.